The van der Waals surface area contributed by atoms with Crippen LogP contribution in [0.5, 0.6) is 0 Å². The number of anilines is 1. The minimum atomic E-state index is -0.689. The molecule has 0 spiro atoms. The third-order valence-electron chi connectivity index (χ3n) is 1.84. The number of aromatic nitrogens is 2. The number of hydrogen-bond donors (Lipinski definition) is 3. The fourth-order valence-electron chi connectivity index (χ4n) is 1.14. The molecule has 4 N–H and O–H groups in total. The first-order valence-corrected chi connectivity index (χ1v) is 3.78. The molecule has 0 aromatic carbocycles. The third-order valence-corrected chi connectivity index (χ3v) is 1.84. The number of hydrogen-bond acceptors (Lipinski definition) is 5. The van der Waals surface area contributed by atoms with Gasteiger partial charge in [0.15, 0.2) is 11.5 Å². The summed E-state index contributed by atoms with van der Waals surface area (Å²) in [6.45, 7) is 0. The van der Waals surface area contributed by atoms with E-state index >= 15 is 0 Å². The standard InChI is InChI=1S/C6H8N6O2.H2/c1-11-6(14)12-2-8-3(4(7)13)5(12)9-10-11;/h2,9-10H,1H3,(H2,7,13);1H. The predicted molar refractivity (Wildman–Crippen MR) is 48.2 cm³/mol. The van der Waals surface area contributed by atoms with Crippen molar-refractivity contribution in [2.45, 2.75) is 0 Å². The monoisotopic (exact) mass is 198 g/mol. The van der Waals surface area contributed by atoms with Gasteiger partial charge in [0, 0.05) is 8.47 Å². The third kappa shape index (κ3) is 1.01. The molecule has 1 aliphatic rings. The van der Waals surface area contributed by atoms with Gasteiger partial charge in [-0.15, -0.1) is 5.53 Å². The Balaban J connectivity index is 0.00000112. The van der Waals surface area contributed by atoms with Gasteiger partial charge in [0.1, 0.15) is 6.33 Å². The lowest BCUT2D eigenvalue weighted by Gasteiger charge is -2.25. The quantitative estimate of drug-likeness (QED) is 0.535. The highest BCUT2D eigenvalue weighted by atomic mass is 16.2. The van der Waals surface area contributed by atoms with Gasteiger partial charge < -0.3 is 5.73 Å². The van der Waals surface area contributed by atoms with E-state index in [1.807, 2.05) is 0 Å². The Bertz CT molecular complexity index is 416. The largest absolute Gasteiger partial charge is 0.364 e. The second-order valence-corrected chi connectivity index (χ2v) is 2.75. The van der Waals surface area contributed by atoms with E-state index in [1.165, 1.54) is 23.0 Å². The Morgan fingerprint density at radius 2 is 2.43 bits per heavy atom. The minimum Gasteiger partial charge on any atom is -0.364 e. The second-order valence-electron chi connectivity index (χ2n) is 2.75. The van der Waals surface area contributed by atoms with Crippen LogP contribution in [0.3, 0.4) is 0 Å². The van der Waals surface area contributed by atoms with Crippen molar-refractivity contribution in [1.29, 1.82) is 0 Å². The Morgan fingerprint density at radius 3 is 3.07 bits per heavy atom. The molecule has 1 aliphatic heterocycles. The highest BCUT2D eigenvalue weighted by molar-refractivity contribution is 5.98. The van der Waals surface area contributed by atoms with E-state index in [-0.39, 0.29) is 19.0 Å². The van der Waals surface area contributed by atoms with Gasteiger partial charge in [-0.25, -0.2) is 19.4 Å². The maximum atomic E-state index is 11.4. The molecule has 76 valence electrons. The van der Waals surface area contributed by atoms with Crippen LogP contribution in [0.15, 0.2) is 6.33 Å². The van der Waals surface area contributed by atoms with Gasteiger partial charge in [0.25, 0.3) is 5.91 Å². The molecule has 8 heteroatoms. The molecule has 0 saturated carbocycles. The van der Waals surface area contributed by atoms with Crippen LogP contribution in [0.25, 0.3) is 0 Å². The first-order valence-electron chi connectivity index (χ1n) is 3.78. The van der Waals surface area contributed by atoms with Crippen molar-refractivity contribution in [3.8, 4) is 0 Å². The summed E-state index contributed by atoms with van der Waals surface area (Å²) in [6, 6.07) is -0.348. The molecular formula is C6H10N6O2. The summed E-state index contributed by atoms with van der Waals surface area (Å²) in [5.74, 6) is -0.439. The van der Waals surface area contributed by atoms with E-state index in [2.05, 4.69) is 15.9 Å². The van der Waals surface area contributed by atoms with Crippen molar-refractivity contribution in [3.63, 3.8) is 0 Å². The van der Waals surface area contributed by atoms with E-state index < -0.39 is 5.91 Å². The predicted octanol–water partition coefficient (Wildman–Crippen LogP) is -1.03. The van der Waals surface area contributed by atoms with Gasteiger partial charge in [0.2, 0.25) is 0 Å². The van der Waals surface area contributed by atoms with Gasteiger partial charge in [0.05, 0.1) is 0 Å². The van der Waals surface area contributed by atoms with Gasteiger partial charge >= 0.3 is 6.03 Å². The highest BCUT2D eigenvalue weighted by Gasteiger charge is 2.25. The fourth-order valence-corrected chi connectivity index (χ4v) is 1.14. The van der Waals surface area contributed by atoms with E-state index in [0.29, 0.717) is 0 Å². The van der Waals surface area contributed by atoms with Gasteiger partial charge in [-0.2, -0.15) is 0 Å². The average Bonchev–Trinajstić information content (AvgIpc) is 2.55. The SMILES string of the molecule is CN1NNc2c(C(N)=O)ncn2C1=O.[HH]. The van der Waals surface area contributed by atoms with Gasteiger partial charge in [-0.05, 0) is 0 Å². The van der Waals surface area contributed by atoms with Crippen molar-refractivity contribution in [2.75, 3.05) is 12.5 Å². The molecule has 0 aliphatic carbocycles. The fraction of sp³-hybridized carbons (Fsp3) is 0.167. The minimum absolute atomic E-state index is 0. The zero-order valence-corrected chi connectivity index (χ0v) is 7.31. The number of fused-ring (bicyclic) bond motifs is 1. The number of hydrazine groups is 2. The molecule has 8 nitrogen and oxygen atoms in total. The Labute approximate surface area is 80.1 Å². The molecule has 0 saturated heterocycles. The first-order chi connectivity index (χ1) is 6.61. The molecular weight excluding hydrogens is 188 g/mol. The lowest BCUT2D eigenvalue weighted by molar-refractivity contribution is 0.0996. The molecule has 0 fully saturated rings. The number of rotatable bonds is 1. The van der Waals surface area contributed by atoms with Crippen LogP contribution in [-0.4, -0.2) is 33.5 Å². The summed E-state index contributed by atoms with van der Waals surface area (Å²) in [5.41, 5.74) is 10.2. The lowest BCUT2D eigenvalue weighted by Crippen LogP contribution is -2.50. The molecule has 14 heavy (non-hydrogen) atoms. The van der Waals surface area contributed by atoms with Crippen molar-refractivity contribution >= 4 is 17.8 Å². The Kier molecular flexibility index (Phi) is 1.64. The number of primary amides is 1. The first kappa shape index (κ1) is 8.51. The number of amides is 2. The molecule has 2 amide bonds. The van der Waals surface area contributed by atoms with Crippen LogP contribution >= 0.6 is 0 Å². The number of imidazole rings is 1. The number of carbonyl (C=O) groups excluding carboxylic acids is 2. The highest BCUT2D eigenvalue weighted by Crippen LogP contribution is 2.16. The summed E-state index contributed by atoms with van der Waals surface area (Å²) in [6.07, 6.45) is 1.24. The molecule has 0 atom stereocenters. The van der Waals surface area contributed by atoms with Crippen LogP contribution in [-0.2, 0) is 0 Å². The van der Waals surface area contributed by atoms with E-state index in [0.717, 1.165) is 0 Å². The molecule has 1 aromatic heterocycles. The zero-order chi connectivity index (χ0) is 10.3. The Hall–Kier alpha value is -2.09. The van der Waals surface area contributed by atoms with Crippen molar-refractivity contribution < 1.29 is 11.0 Å². The average molecular weight is 198 g/mol. The van der Waals surface area contributed by atoms with Crippen LogP contribution in [0.1, 0.15) is 11.9 Å². The number of carbonyl (C=O) groups is 2. The van der Waals surface area contributed by atoms with Crippen molar-refractivity contribution in [2.24, 2.45) is 5.73 Å². The molecule has 2 rings (SSSR count). The van der Waals surface area contributed by atoms with Gasteiger partial charge in [-0.1, -0.05) is 0 Å². The van der Waals surface area contributed by atoms with Crippen LogP contribution in [0.2, 0.25) is 0 Å². The van der Waals surface area contributed by atoms with Crippen molar-refractivity contribution in [1.82, 2.24) is 20.1 Å². The van der Waals surface area contributed by atoms with Crippen molar-refractivity contribution in [3.05, 3.63) is 12.0 Å². The summed E-state index contributed by atoms with van der Waals surface area (Å²) < 4.78 is 1.19. The van der Waals surface area contributed by atoms with Crippen LogP contribution in [0, 0.1) is 0 Å². The topological polar surface area (TPSA) is 105 Å². The second kappa shape index (κ2) is 2.70. The maximum absolute atomic E-state index is 11.4. The van der Waals surface area contributed by atoms with E-state index in [9.17, 15) is 9.59 Å². The number of nitrogens with two attached hydrogens (primary N) is 1. The molecule has 0 unspecified atom stereocenters. The lowest BCUT2D eigenvalue weighted by atomic mass is 10.4. The summed E-state index contributed by atoms with van der Waals surface area (Å²) >= 11 is 0. The Morgan fingerprint density at radius 1 is 1.71 bits per heavy atom. The summed E-state index contributed by atoms with van der Waals surface area (Å²) in [5, 5.41) is 1.21. The molecule has 2 heterocycles. The van der Waals surface area contributed by atoms with Crippen LogP contribution in [0.4, 0.5) is 10.6 Å². The number of nitrogens with zero attached hydrogens (tertiary/aromatic N) is 3. The van der Waals surface area contributed by atoms with E-state index in [1.54, 1.807) is 0 Å². The van der Waals surface area contributed by atoms with Gasteiger partial charge in [-0.3, -0.25) is 10.2 Å². The maximum Gasteiger partial charge on any atom is 0.346 e. The normalized spacial score (nSPS) is 14.9. The van der Waals surface area contributed by atoms with Crippen LogP contribution < -0.4 is 16.7 Å². The molecule has 0 radical (unpaired) electrons. The number of nitrogens with one attached hydrogen (secondary N) is 2. The smallest absolute Gasteiger partial charge is 0.346 e. The molecule has 1 aromatic rings. The van der Waals surface area contributed by atoms with E-state index in [4.69, 9.17) is 5.73 Å². The molecule has 0 bridgehead atoms. The summed E-state index contributed by atoms with van der Waals surface area (Å²) in [7, 11) is 1.53. The summed E-state index contributed by atoms with van der Waals surface area (Å²) in [4.78, 5) is 26.0. The zero-order valence-electron chi connectivity index (χ0n) is 7.31.